The Morgan fingerprint density at radius 3 is 2.61 bits per heavy atom. The van der Waals surface area contributed by atoms with Gasteiger partial charge < -0.3 is 4.98 Å². The van der Waals surface area contributed by atoms with E-state index in [1.165, 1.54) is 0 Å². The summed E-state index contributed by atoms with van der Waals surface area (Å²) < 4.78 is 29.0. The van der Waals surface area contributed by atoms with E-state index in [4.69, 9.17) is 0 Å². The standard InChI is InChI=1S/C19H20N6O2S/c1-13(2)23-28(26,27)16-5-3-14(4-6-16)17-7-8-20-19-18(17)11-15(22-19)12-25-10-9-21-24-25/h3-11,13,23H,12H2,1-2H3,(H,20,22). The quantitative estimate of drug-likeness (QED) is 0.521. The van der Waals surface area contributed by atoms with E-state index < -0.39 is 10.0 Å². The summed E-state index contributed by atoms with van der Waals surface area (Å²) >= 11 is 0. The van der Waals surface area contributed by atoms with Crippen LogP contribution in [0.15, 0.2) is 59.9 Å². The van der Waals surface area contributed by atoms with Crippen molar-refractivity contribution >= 4 is 21.1 Å². The Hall–Kier alpha value is -3.04. The fraction of sp³-hybridized carbons (Fsp3) is 0.211. The highest BCUT2D eigenvalue weighted by Crippen LogP contribution is 2.29. The van der Waals surface area contributed by atoms with Crippen LogP contribution in [0.25, 0.3) is 22.2 Å². The maximum absolute atomic E-state index is 12.3. The molecule has 0 aliphatic carbocycles. The van der Waals surface area contributed by atoms with Gasteiger partial charge in [-0.2, -0.15) is 0 Å². The number of pyridine rings is 1. The highest BCUT2D eigenvalue weighted by atomic mass is 32.2. The molecule has 3 heterocycles. The minimum absolute atomic E-state index is 0.159. The number of nitrogens with zero attached hydrogens (tertiary/aromatic N) is 4. The van der Waals surface area contributed by atoms with Gasteiger partial charge in [0.2, 0.25) is 10.0 Å². The number of hydrogen-bond donors (Lipinski definition) is 2. The van der Waals surface area contributed by atoms with Crippen LogP contribution in [0, 0.1) is 0 Å². The Morgan fingerprint density at radius 2 is 1.93 bits per heavy atom. The highest BCUT2D eigenvalue weighted by Gasteiger charge is 2.16. The SMILES string of the molecule is CC(C)NS(=O)(=O)c1ccc(-c2ccnc3[nH]c(Cn4ccnn4)cc23)cc1. The number of hydrogen-bond acceptors (Lipinski definition) is 5. The van der Waals surface area contributed by atoms with Crippen LogP contribution in [0.5, 0.6) is 0 Å². The number of aromatic amines is 1. The van der Waals surface area contributed by atoms with E-state index in [1.807, 2.05) is 24.3 Å². The Balaban J connectivity index is 1.68. The first kappa shape index (κ1) is 18.3. The number of rotatable bonds is 6. The molecule has 4 aromatic rings. The van der Waals surface area contributed by atoms with Crippen molar-refractivity contribution in [3.8, 4) is 11.1 Å². The van der Waals surface area contributed by atoms with E-state index >= 15 is 0 Å². The summed E-state index contributed by atoms with van der Waals surface area (Å²) in [5.41, 5.74) is 3.63. The number of H-pyrrole nitrogens is 1. The van der Waals surface area contributed by atoms with Crippen molar-refractivity contribution in [2.75, 3.05) is 0 Å². The minimum Gasteiger partial charge on any atom is -0.342 e. The van der Waals surface area contributed by atoms with Crippen LogP contribution in [0.2, 0.25) is 0 Å². The van der Waals surface area contributed by atoms with Gasteiger partial charge >= 0.3 is 0 Å². The topological polar surface area (TPSA) is 106 Å². The second-order valence-electron chi connectivity index (χ2n) is 6.82. The van der Waals surface area contributed by atoms with Crippen LogP contribution >= 0.6 is 0 Å². The van der Waals surface area contributed by atoms with Crippen molar-refractivity contribution in [1.82, 2.24) is 29.7 Å². The molecular formula is C19H20N6O2S. The van der Waals surface area contributed by atoms with Crippen molar-refractivity contribution < 1.29 is 8.42 Å². The molecule has 0 fully saturated rings. The molecule has 9 heteroatoms. The van der Waals surface area contributed by atoms with E-state index in [-0.39, 0.29) is 10.9 Å². The maximum Gasteiger partial charge on any atom is 0.240 e. The van der Waals surface area contributed by atoms with Crippen LogP contribution in [0.4, 0.5) is 0 Å². The molecule has 0 amide bonds. The molecule has 0 spiro atoms. The van der Waals surface area contributed by atoms with E-state index in [0.717, 1.165) is 27.9 Å². The smallest absolute Gasteiger partial charge is 0.240 e. The van der Waals surface area contributed by atoms with Gasteiger partial charge in [0.1, 0.15) is 5.65 Å². The van der Waals surface area contributed by atoms with Gasteiger partial charge in [-0.15, -0.1) is 5.10 Å². The summed E-state index contributed by atoms with van der Waals surface area (Å²) in [6.07, 6.45) is 5.17. The first-order valence-corrected chi connectivity index (χ1v) is 10.3. The number of aromatic nitrogens is 5. The lowest BCUT2D eigenvalue weighted by Gasteiger charge is -2.10. The Bertz CT molecular complexity index is 1200. The second kappa shape index (κ2) is 7.17. The monoisotopic (exact) mass is 396 g/mol. The van der Waals surface area contributed by atoms with E-state index in [1.54, 1.807) is 49.3 Å². The third-order valence-corrected chi connectivity index (χ3v) is 5.93. The van der Waals surface area contributed by atoms with Gasteiger partial charge in [0.05, 0.1) is 17.6 Å². The van der Waals surface area contributed by atoms with Crippen molar-refractivity contribution in [2.45, 2.75) is 31.3 Å². The summed E-state index contributed by atoms with van der Waals surface area (Å²) in [6.45, 7) is 4.15. The van der Waals surface area contributed by atoms with Crippen molar-refractivity contribution in [2.24, 2.45) is 0 Å². The summed E-state index contributed by atoms with van der Waals surface area (Å²) in [5, 5.41) is 8.76. The third kappa shape index (κ3) is 3.67. The third-order valence-electron chi connectivity index (χ3n) is 4.26. The summed E-state index contributed by atoms with van der Waals surface area (Å²) in [6, 6.07) is 10.7. The zero-order valence-corrected chi connectivity index (χ0v) is 16.3. The maximum atomic E-state index is 12.3. The molecule has 4 rings (SSSR count). The van der Waals surface area contributed by atoms with Gasteiger partial charge in [0, 0.05) is 29.5 Å². The summed E-state index contributed by atoms with van der Waals surface area (Å²) in [4.78, 5) is 7.94. The number of fused-ring (bicyclic) bond motifs is 1. The normalized spacial score (nSPS) is 12.1. The lowest BCUT2D eigenvalue weighted by atomic mass is 10.0. The van der Waals surface area contributed by atoms with Gasteiger partial charge in [-0.25, -0.2) is 22.8 Å². The molecule has 0 unspecified atom stereocenters. The van der Waals surface area contributed by atoms with Gasteiger partial charge in [-0.3, -0.25) is 0 Å². The molecule has 144 valence electrons. The van der Waals surface area contributed by atoms with Crippen LogP contribution in [0.1, 0.15) is 19.5 Å². The fourth-order valence-electron chi connectivity index (χ4n) is 3.10. The zero-order valence-electron chi connectivity index (χ0n) is 15.5. The second-order valence-corrected chi connectivity index (χ2v) is 8.53. The molecule has 0 atom stereocenters. The van der Waals surface area contributed by atoms with Crippen LogP contribution < -0.4 is 4.72 Å². The molecule has 3 aromatic heterocycles. The van der Waals surface area contributed by atoms with Gasteiger partial charge in [0.15, 0.2) is 0 Å². The van der Waals surface area contributed by atoms with Crippen molar-refractivity contribution in [3.63, 3.8) is 0 Å². The lowest BCUT2D eigenvalue weighted by Crippen LogP contribution is -2.30. The van der Waals surface area contributed by atoms with Crippen molar-refractivity contribution in [1.29, 1.82) is 0 Å². The van der Waals surface area contributed by atoms with Crippen LogP contribution in [-0.2, 0) is 16.6 Å². The number of nitrogens with one attached hydrogen (secondary N) is 2. The minimum atomic E-state index is -3.51. The average molecular weight is 396 g/mol. The fourth-order valence-corrected chi connectivity index (χ4v) is 4.35. The first-order valence-electron chi connectivity index (χ1n) is 8.86. The summed E-state index contributed by atoms with van der Waals surface area (Å²) in [7, 11) is -3.51. The molecule has 0 aliphatic rings. The highest BCUT2D eigenvalue weighted by molar-refractivity contribution is 7.89. The van der Waals surface area contributed by atoms with Crippen LogP contribution in [0.3, 0.4) is 0 Å². The Labute approximate surface area is 162 Å². The Morgan fingerprint density at radius 1 is 1.14 bits per heavy atom. The van der Waals surface area contributed by atoms with Gasteiger partial charge in [-0.05, 0) is 49.2 Å². The number of benzene rings is 1. The van der Waals surface area contributed by atoms with Gasteiger partial charge in [0.25, 0.3) is 0 Å². The molecule has 0 saturated carbocycles. The van der Waals surface area contributed by atoms with Gasteiger partial charge in [-0.1, -0.05) is 17.3 Å². The first-order chi connectivity index (χ1) is 13.4. The molecule has 0 saturated heterocycles. The largest absolute Gasteiger partial charge is 0.342 e. The number of sulfonamides is 1. The average Bonchev–Trinajstić information content (AvgIpc) is 3.30. The predicted octanol–water partition coefficient (Wildman–Crippen LogP) is 2.56. The summed E-state index contributed by atoms with van der Waals surface area (Å²) in [5.74, 6) is 0. The molecule has 8 nitrogen and oxygen atoms in total. The molecule has 0 bridgehead atoms. The van der Waals surface area contributed by atoms with Crippen LogP contribution in [-0.4, -0.2) is 39.4 Å². The molecule has 1 aromatic carbocycles. The molecule has 28 heavy (non-hydrogen) atoms. The van der Waals surface area contributed by atoms with E-state index in [0.29, 0.717) is 6.54 Å². The zero-order chi connectivity index (χ0) is 19.7. The lowest BCUT2D eigenvalue weighted by molar-refractivity contribution is 0.570. The molecule has 0 aliphatic heterocycles. The van der Waals surface area contributed by atoms with Crippen molar-refractivity contribution in [3.05, 3.63) is 60.7 Å². The Kier molecular flexibility index (Phi) is 4.70. The molecule has 0 radical (unpaired) electrons. The predicted molar refractivity (Wildman–Crippen MR) is 106 cm³/mol. The molecular weight excluding hydrogens is 376 g/mol. The van der Waals surface area contributed by atoms with E-state index in [9.17, 15) is 8.42 Å². The molecule has 2 N–H and O–H groups in total. The van der Waals surface area contributed by atoms with E-state index in [2.05, 4.69) is 25.0 Å².